The van der Waals surface area contributed by atoms with Gasteiger partial charge in [0.05, 0.1) is 25.0 Å². The first-order valence-corrected chi connectivity index (χ1v) is 14.2. The number of hydrogen-bond donors (Lipinski definition) is 0. The van der Waals surface area contributed by atoms with Crippen LogP contribution in [0.15, 0.2) is 71.1 Å². The van der Waals surface area contributed by atoms with Crippen molar-refractivity contribution in [3.8, 4) is 11.3 Å². The Morgan fingerprint density at radius 2 is 1.70 bits per heavy atom. The number of imide groups is 1. The molecule has 4 heterocycles. The van der Waals surface area contributed by atoms with Crippen molar-refractivity contribution in [2.24, 2.45) is 5.92 Å². The second kappa shape index (κ2) is 11.1. The fraction of sp³-hybridized carbons (Fsp3) is 0.226. The number of carbonyl (C=O) groups excluding carboxylic acids is 4. The number of fused-ring (bicyclic) bond motifs is 1. The van der Waals surface area contributed by atoms with E-state index in [0.717, 1.165) is 16.2 Å². The summed E-state index contributed by atoms with van der Waals surface area (Å²) in [7, 11) is 1.17. The van der Waals surface area contributed by atoms with Gasteiger partial charge in [-0.1, -0.05) is 18.2 Å². The van der Waals surface area contributed by atoms with Crippen molar-refractivity contribution in [3.63, 3.8) is 0 Å². The van der Waals surface area contributed by atoms with Gasteiger partial charge in [-0.15, -0.1) is 11.3 Å². The summed E-state index contributed by atoms with van der Waals surface area (Å²) in [5.74, 6) is -3.54. The molecule has 2 amide bonds. The Labute approximate surface area is 249 Å². The zero-order valence-electron chi connectivity index (χ0n) is 23.2. The molecular weight excluding hydrogens is 579 g/mol. The van der Waals surface area contributed by atoms with E-state index >= 15 is 0 Å². The Morgan fingerprint density at radius 3 is 2.37 bits per heavy atom. The number of halogens is 1. The number of amides is 2. The minimum atomic E-state index is -1.25. The number of hydrogen-bond acceptors (Lipinski definition) is 10. The SMILES string of the molecule is CCOC(=O)c1sc(N2C(=O)[C@H]3[C@@H](c4ccc(-c5ccc(F)cc5)o4)N(c4ccccc4)O[C@H]3C2=O)c(C(=O)OC)c1C. The number of ether oxygens (including phenoxy) is 2. The molecule has 0 radical (unpaired) electrons. The highest BCUT2D eigenvalue weighted by Crippen LogP contribution is 2.50. The first-order chi connectivity index (χ1) is 20.7. The van der Waals surface area contributed by atoms with Gasteiger partial charge in [0.2, 0.25) is 5.91 Å². The lowest BCUT2D eigenvalue weighted by Gasteiger charge is -2.27. The summed E-state index contributed by atoms with van der Waals surface area (Å²) in [6.45, 7) is 3.27. The number of methoxy groups -OCH3 is 1. The lowest BCUT2D eigenvalue weighted by atomic mass is 9.94. The number of thiophene rings is 1. The van der Waals surface area contributed by atoms with E-state index in [1.165, 1.54) is 31.2 Å². The molecule has 4 aromatic rings. The third-order valence-electron chi connectivity index (χ3n) is 7.35. The second-order valence-corrected chi connectivity index (χ2v) is 10.8. The predicted octanol–water partition coefficient (Wildman–Crippen LogP) is 5.47. The maximum Gasteiger partial charge on any atom is 0.348 e. The number of esters is 2. The van der Waals surface area contributed by atoms with E-state index in [2.05, 4.69) is 0 Å². The van der Waals surface area contributed by atoms with E-state index in [1.807, 2.05) is 6.07 Å². The molecule has 0 N–H and O–H groups in total. The van der Waals surface area contributed by atoms with E-state index in [-0.39, 0.29) is 27.6 Å². The molecule has 2 saturated heterocycles. The topological polar surface area (TPSA) is 116 Å². The number of rotatable bonds is 7. The Kier molecular flexibility index (Phi) is 7.32. The average molecular weight is 605 g/mol. The van der Waals surface area contributed by atoms with Gasteiger partial charge in [-0.05, 0) is 67.9 Å². The molecule has 12 heteroatoms. The number of para-hydroxylation sites is 1. The van der Waals surface area contributed by atoms with Crippen LogP contribution in [0.3, 0.4) is 0 Å². The average Bonchev–Trinajstić information content (AvgIpc) is 3.77. The number of carbonyl (C=O) groups is 4. The Bertz CT molecular complexity index is 1730. The highest BCUT2D eigenvalue weighted by molar-refractivity contribution is 7.19. The fourth-order valence-electron chi connectivity index (χ4n) is 5.37. The van der Waals surface area contributed by atoms with Crippen molar-refractivity contribution >= 4 is 45.8 Å². The van der Waals surface area contributed by atoms with Gasteiger partial charge in [0.1, 0.15) is 39.2 Å². The van der Waals surface area contributed by atoms with Gasteiger partial charge in [-0.3, -0.25) is 14.4 Å². The Hall–Kier alpha value is -4.81. The van der Waals surface area contributed by atoms with Gasteiger partial charge >= 0.3 is 11.9 Å². The van der Waals surface area contributed by atoms with Crippen LogP contribution in [0.5, 0.6) is 0 Å². The summed E-state index contributed by atoms with van der Waals surface area (Å²) in [6, 6.07) is 17.2. The first-order valence-electron chi connectivity index (χ1n) is 13.4. The third kappa shape index (κ3) is 4.68. The van der Waals surface area contributed by atoms with Crippen LogP contribution in [-0.2, 0) is 23.9 Å². The molecule has 220 valence electrons. The highest BCUT2D eigenvalue weighted by atomic mass is 32.1. The van der Waals surface area contributed by atoms with Crippen molar-refractivity contribution in [2.75, 3.05) is 23.7 Å². The van der Waals surface area contributed by atoms with E-state index in [9.17, 15) is 23.6 Å². The normalized spacial score (nSPS) is 19.6. The molecule has 0 saturated carbocycles. The molecule has 0 unspecified atom stereocenters. The van der Waals surface area contributed by atoms with Crippen LogP contribution in [0, 0.1) is 18.7 Å². The maximum absolute atomic E-state index is 14.2. The quantitative estimate of drug-likeness (QED) is 0.200. The van der Waals surface area contributed by atoms with Crippen molar-refractivity contribution in [3.05, 3.63) is 94.3 Å². The van der Waals surface area contributed by atoms with E-state index in [4.69, 9.17) is 18.7 Å². The molecule has 2 fully saturated rings. The first kappa shape index (κ1) is 28.3. The van der Waals surface area contributed by atoms with Crippen LogP contribution in [0.2, 0.25) is 0 Å². The number of nitrogens with zero attached hydrogens (tertiary/aromatic N) is 2. The van der Waals surface area contributed by atoms with Crippen LogP contribution < -0.4 is 9.96 Å². The van der Waals surface area contributed by atoms with Crippen molar-refractivity contribution in [2.45, 2.75) is 26.0 Å². The van der Waals surface area contributed by atoms with Crippen LogP contribution in [0.1, 0.15) is 44.3 Å². The molecule has 0 aliphatic carbocycles. The lowest BCUT2D eigenvalue weighted by Crippen LogP contribution is -2.37. The van der Waals surface area contributed by atoms with Crippen LogP contribution in [-0.4, -0.2) is 43.6 Å². The molecule has 43 heavy (non-hydrogen) atoms. The highest BCUT2D eigenvalue weighted by Gasteiger charge is 2.62. The molecule has 0 bridgehead atoms. The van der Waals surface area contributed by atoms with Gasteiger partial charge in [0, 0.05) is 5.56 Å². The fourth-order valence-corrected chi connectivity index (χ4v) is 6.57. The molecule has 6 rings (SSSR count). The lowest BCUT2D eigenvalue weighted by molar-refractivity contribution is -0.126. The minimum Gasteiger partial charge on any atom is -0.465 e. The zero-order chi connectivity index (χ0) is 30.4. The molecule has 2 aromatic carbocycles. The number of anilines is 2. The largest absolute Gasteiger partial charge is 0.465 e. The maximum atomic E-state index is 14.2. The van der Waals surface area contributed by atoms with Gasteiger partial charge in [-0.2, -0.15) is 0 Å². The summed E-state index contributed by atoms with van der Waals surface area (Å²) in [5, 5.41) is 1.43. The molecule has 2 aliphatic heterocycles. The molecule has 2 aliphatic rings. The molecule has 10 nitrogen and oxygen atoms in total. The summed E-state index contributed by atoms with van der Waals surface area (Å²) < 4.78 is 29.8. The summed E-state index contributed by atoms with van der Waals surface area (Å²) in [4.78, 5) is 60.8. The molecule has 0 spiro atoms. The van der Waals surface area contributed by atoms with Crippen LogP contribution in [0.4, 0.5) is 15.1 Å². The van der Waals surface area contributed by atoms with Gasteiger partial charge < -0.3 is 13.9 Å². The Morgan fingerprint density at radius 1 is 0.977 bits per heavy atom. The second-order valence-electron chi connectivity index (χ2n) is 9.83. The summed E-state index contributed by atoms with van der Waals surface area (Å²) in [5.41, 5.74) is 1.36. The van der Waals surface area contributed by atoms with Crippen LogP contribution >= 0.6 is 11.3 Å². The van der Waals surface area contributed by atoms with Crippen molar-refractivity contribution in [1.82, 2.24) is 0 Å². The number of furan rings is 1. The Balaban J connectivity index is 1.43. The third-order valence-corrected chi connectivity index (χ3v) is 8.61. The van der Waals surface area contributed by atoms with Gasteiger partial charge in [0.25, 0.3) is 5.91 Å². The van der Waals surface area contributed by atoms with Crippen molar-refractivity contribution in [1.29, 1.82) is 0 Å². The standard InChI is InChI=1S/C31H25FN2O8S/c1-4-40-31(38)26-16(2)22(30(37)39-3)29(43-26)33-27(35)23-24(21-15-14-20(41-21)17-10-12-18(32)13-11-17)34(42-25(23)28(33)36)19-8-6-5-7-9-19/h5-15,23-25H,4H2,1-3H3/t23-,24+,25+/m0/s1. The van der Waals surface area contributed by atoms with Gasteiger partial charge in [0.15, 0.2) is 6.10 Å². The monoisotopic (exact) mass is 604 g/mol. The summed E-state index contributed by atoms with van der Waals surface area (Å²) in [6.07, 6.45) is -1.25. The van der Waals surface area contributed by atoms with Crippen molar-refractivity contribution < 1.29 is 42.3 Å². The van der Waals surface area contributed by atoms with E-state index in [0.29, 0.717) is 22.8 Å². The molecule has 2 aromatic heterocycles. The number of benzene rings is 2. The molecule has 3 atom stereocenters. The van der Waals surface area contributed by atoms with Crippen LogP contribution in [0.25, 0.3) is 11.3 Å². The zero-order valence-corrected chi connectivity index (χ0v) is 24.1. The smallest absolute Gasteiger partial charge is 0.348 e. The molecular formula is C31H25FN2O8S. The van der Waals surface area contributed by atoms with E-state index in [1.54, 1.807) is 55.5 Å². The van der Waals surface area contributed by atoms with E-state index < -0.39 is 47.6 Å². The predicted molar refractivity (Wildman–Crippen MR) is 153 cm³/mol. The summed E-state index contributed by atoms with van der Waals surface area (Å²) >= 11 is 0.804. The number of hydroxylamine groups is 1. The minimum absolute atomic E-state index is 0.0446. The van der Waals surface area contributed by atoms with Gasteiger partial charge in [-0.25, -0.2) is 23.9 Å².